The largest absolute Gasteiger partial charge is 0.347 e. The van der Waals surface area contributed by atoms with E-state index in [1.807, 2.05) is 18.2 Å². The second kappa shape index (κ2) is 6.14. The maximum atomic E-state index is 11.9. The molecule has 0 spiro atoms. The molecule has 20 heavy (non-hydrogen) atoms. The van der Waals surface area contributed by atoms with Gasteiger partial charge in [0.25, 0.3) is 11.5 Å². The molecule has 0 radical (unpaired) electrons. The molecule has 2 N–H and O–H groups in total. The molecule has 1 heterocycles. The van der Waals surface area contributed by atoms with E-state index in [2.05, 4.69) is 35.4 Å². The number of nitrogens with one attached hydrogen (secondary N) is 2. The van der Waals surface area contributed by atoms with Crippen molar-refractivity contribution in [2.45, 2.75) is 26.3 Å². The highest BCUT2D eigenvalue weighted by atomic mass is 16.2. The van der Waals surface area contributed by atoms with Crippen LogP contribution in [0.15, 0.2) is 41.2 Å². The molecule has 2 rings (SSSR count). The molecule has 2 aromatic rings. The van der Waals surface area contributed by atoms with Crippen molar-refractivity contribution >= 4 is 5.91 Å². The molecule has 5 nitrogen and oxygen atoms in total. The summed E-state index contributed by atoms with van der Waals surface area (Å²) >= 11 is 0. The first-order valence-electron chi connectivity index (χ1n) is 6.49. The molecule has 104 valence electrons. The predicted octanol–water partition coefficient (Wildman–Crippen LogP) is 1.82. The lowest BCUT2D eigenvalue weighted by molar-refractivity contribution is 0.0944. The van der Waals surface area contributed by atoms with E-state index >= 15 is 0 Å². The molecule has 0 unspecified atom stereocenters. The fourth-order valence-electron chi connectivity index (χ4n) is 2.00. The smallest absolute Gasteiger partial charge is 0.271 e. The third-order valence-corrected chi connectivity index (χ3v) is 3.03. The van der Waals surface area contributed by atoms with Gasteiger partial charge in [-0.3, -0.25) is 9.59 Å². The van der Waals surface area contributed by atoms with Crippen LogP contribution >= 0.6 is 0 Å². The Labute approximate surface area is 117 Å². The topological polar surface area (TPSA) is 74.8 Å². The van der Waals surface area contributed by atoms with Gasteiger partial charge in [0.1, 0.15) is 5.69 Å². The Bertz CT molecular complexity index is 642. The maximum absolute atomic E-state index is 11.9. The third-order valence-electron chi connectivity index (χ3n) is 3.03. The van der Waals surface area contributed by atoms with E-state index in [1.165, 1.54) is 17.7 Å². The zero-order valence-corrected chi connectivity index (χ0v) is 11.5. The van der Waals surface area contributed by atoms with Crippen LogP contribution in [0, 0.1) is 0 Å². The Kier molecular flexibility index (Phi) is 4.30. The van der Waals surface area contributed by atoms with Crippen LogP contribution in [0.5, 0.6) is 0 Å². The molecule has 0 fully saturated rings. The van der Waals surface area contributed by atoms with Crippen LogP contribution in [0.3, 0.4) is 0 Å². The summed E-state index contributed by atoms with van der Waals surface area (Å²) in [7, 11) is 0. The first-order chi connectivity index (χ1) is 9.58. The summed E-state index contributed by atoms with van der Waals surface area (Å²) in [5.41, 5.74) is 2.17. The highest BCUT2D eigenvalue weighted by molar-refractivity contribution is 5.91. The van der Waals surface area contributed by atoms with E-state index in [0.29, 0.717) is 12.5 Å². The van der Waals surface area contributed by atoms with Crippen LogP contribution in [-0.2, 0) is 6.54 Å². The van der Waals surface area contributed by atoms with E-state index in [0.717, 1.165) is 5.56 Å². The number of amides is 1. The summed E-state index contributed by atoms with van der Waals surface area (Å²) in [6, 6.07) is 10.7. The maximum Gasteiger partial charge on any atom is 0.271 e. The van der Waals surface area contributed by atoms with Crippen molar-refractivity contribution in [2.24, 2.45) is 0 Å². The number of rotatable bonds is 4. The van der Waals surface area contributed by atoms with Crippen molar-refractivity contribution < 1.29 is 4.79 Å². The molecule has 5 heteroatoms. The first kappa shape index (κ1) is 14.0. The van der Waals surface area contributed by atoms with Gasteiger partial charge >= 0.3 is 0 Å². The Morgan fingerprint density at radius 3 is 2.65 bits per heavy atom. The number of hydrogen-bond donors (Lipinski definition) is 2. The average molecular weight is 271 g/mol. The summed E-state index contributed by atoms with van der Waals surface area (Å²) in [4.78, 5) is 22.8. The molecule has 0 atom stereocenters. The van der Waals surface area contributed by atoms with Gasteiger partial charge in [0, 0.05) is 12.6 Å². The summed E-state index contributed by atoms with van der Waals surface area (Å²) in [6.07, 6.45) is 0. The highest BCUT2D eigenvalue weighted by Crippen LogP contribution is 2.18. The Morgan fingerprint density at radius 1 is 1.25 bits per heavy atom. The van der Waals surface area contributed by atoms with Gasteiger partial charge in [0.15, 0.2) is 0 Å². The normalized spacial score (nSPS) is 10.6. The summed E-state index contributed by atoms with van der Waals surface area (Å²) in [5.74, 6) is 0.0918. The zero-order valence-electron chi connectivity index (χ0n) is 11.5. The molecule has 0 aliphatic carbocycles. The third kappa shape index (κ3) is 3.32. The molecule has 1 aromatic carbocycles. The van der Waals surface area contributed by atoms with E-state index in [1.54, 1.807) is 0 Å². The van der Waals surface area contributed by atoms with Crippen LogP contribution in [0.25, 0.3) is 0 Å². The van der Waals surface area contributed by atoms with Gasteiger partial charge in [0.2, 0.25) is 0 Å². The Balaban J connectivity index is 2.07. The number of aromatic amines is 1. The van der Waals surface area contributed by atoms with Crippen LogP contribution < -0.4 is 10.9 Å². The number of carbonyl (C=O) groups excluding carboxylic acids is 1. The number of aromatic nitrogens is 2. The summed E-state index contributed by atoms with van der Waals surface area (Å²) < 4.78 is 0. The Hall–Kier alpha value is -2.43. The highest BCUT2D eigenvalue weighted by Gasteiger charge is 2.09. The molecule has 0 saturated carbocycles. The van der Waals surface area contributed by atoms with E-state index in [-0.39, 0.29) is 17.2 Å². The zero-order chi connectivity index (χ0) is 14.5. The van der Waals surface area contributed by atoms with Gasteiger partial charge in [0.05, 0.1) is 0 Å². The fraction of sp³-hybridized carbons (Fsp3) is 0.267. The van der Waals surface area contributed by atoms with Crippen LogP contribution in [-0.4, -0.2) is 16.1 Å². The second-order valence-corrected chi connectivity index (χ2v) is 4.84. The average Bonchev–Trinajstić information content (AvgIpc) is 2.45. The van der Waals surface area contributed by atoms with Gasteiger partial charge in [-0.2, -0.15) is 5.10 Å². The van der Waals surface area contributed by atoms with Crippen molar-refractivity contribution in [3.05, 3.63) is 63.6 Å². The Morgan fingerprint density at radius 2 is 2.00 bits per heavy atom. The number of benzene rings is 1. The quantitative estimate of drug-likeness (QED) is 0.890. The molecular formula is C15H17N3O2. The summed E-state index contributed by atoms with van der Waals surface area (Å²) in [6.45, 7) is 4.67. The van der Waals surface area contributed by atoms with Crippen molar-refractivity contribution in [1.29, 1.82) is 0 Å². The van der Waals surface area contributed by atoms with Crippen LogP contribution in [0.1, 0.15) is 41.4 Å². The first-order valence-corrected chi connectivity index (χ1v) is 6.49. The number of hydrogen-bond acceptors (Lipinski definition) is 3. The van der Waals surface area contributed by atoms with Crippen molar-refractivity contribution in [3.63, 3.8) is 0 Å². The van der Waals surface area contributed by atoms with Gasteiger partial charge in [-0.25, -0.2) is 5.10 Å². The SMILES string of the molecule is CC(C)c1ccccc1CNC(=O)c1ccc(=O)[nH]n1. The minimum Gasteiger partial charge on any atom is -0.347 e. The molecular weight excluding hydrogens is 254 g/mol. The molecule has 0 aliphatic rings. The van der Waals surface area contributed by atoms with Gasteiger partial charge in [-0.1, -0.05) is 38.1 Å². The monoisotopic (exact) mass is 271 g/mol. The lowest BCUT2D eigenvalue weighted by atomic mass is 9.97. The lowest BCUT2D eigenvalue weighted by Crippen LogP contribution is -2.25. The van der Waals surface area contributed by atoms with E-state index in [9.17, 15) is 9.59 Å². The van der Waals surface area contributed by atoms with Crippen molar-refractivity contribution in [3.8, 4) is 0 Å². The van der Waals surface area contributed by atoms with Crippen molar-refractivity contribution in [1.82, 2.24) is 15.5 Å². The van der Waals surface area contributed by atoms with Crippen molar-refractivity contribution in [2.75, 3.05) is 0 Å². The van der Waals surface area contributed by atoms with Crippen LogP contribution in [0.2, 0.25) is 0 Å². The van der Waals surface area contributed by atoms with Gasteiger partial charge in [-0.05, 0) is 23.1 Å². The molecule has 0 aliphatic heterocycles. The minimum absolute atomic E-state index is 0.201. The second-order valence-electron chi connectivity index (χ2n) is 4.84. The minimum atomic E-state index is -0.327. The van der Waals surface area contributed by atoms with Gasteiger partial charge in [-0.15, -0.1) is 0 Å². The lowest BCUT2D eigenvalue weighted by Gasteiger charge is -2.13. The molecule has 0 bridgehead atoms. The number of H-pyrrole nitrogens is 1. The number of carbonyl (C=O) groups is 1. The van der Waals surface area contributed by atoms with E-state index in [4.69, 9.17) is 0 Å². The number of nitrogens with zero attached hydrogens (tertiary/aromatic N) is 1. The van der Waals surface area contributed by atoms with Crippen LogP contribution in [0.4, 0.5) is 0 Å². The molecule has 0 saturated heterocycles. The fourth-order valence-corrected chi connectivity index (χ4v) is 2.00. The van der Waals surface area contributed by atoms with E-state index < -0.39 is 0 Å². The molecule has 1 aromatic heterocycles. The molecule has 1 amide bonds. The summed E-state index contributed by atoms with van der Waals surface area (Å²) in [5, 5.41) is 8.75. The predicted molar refractivity (Wildman–Crippen MR) is 76.6 cm³/mol. The standard InChI is InChI=1S/C15H17N3O2/c1-10(2)12-6-4-3-5-11(12)9-16-15(20)13-7-8-14(19)18-17-13/h3-8,10H,9H2,1-2H3,(H,16,20)(H,18,19). The van der Waals surface area contributed by atoms with Gasteiger partial charge < -0.3 is 5.32 Å².